The van der Waals surface area contributed by atoms with Crippen LogP contribution >= 0.6 is 0 Å². The molecule has 1 aromatic heterocycles. The molecule has 74 valence electrons. The Morgan fingerprint density at radius 3 is 2.79 bits per heavy atom. The minimum Gasteiger partial charge on any atom is -0.385 e. The van der Waals surface area contributed by atoms with E-state index in [1.54, 1.807) is 6.20 Å². The fourth-order valence-electron chi connectivity index (χ4n) is 1.06. The number of aromatic nitrogens is 1. The molecular weight excluding hydrogens is 172 g/mol. The number of nitrogens with zero attached hydrogens (tertiary/aromatic N) is 1. The normalized spacial score (nSPS) is 9.50. The first-order chi connectivity index (χ1) is 6.68. The van der Waals surface area contributed by atoms with Gasteiger partial charge in [-0.25, -0.2) is 0 Å². The predicted octanol–water partition coefficient (Wildman–Crippen LogP) is 2.30. The number of hydrogen-bond donors (Lipinski definition) is 1. The van der Waals surface area contributed by atoms with Crippen LogP contribution in [0.1, 0.15) is 12.6 Å². The van der Waals surface area contributed by atoms with Crippen molar-refractivity contribution in [3.63, 3.8) is 0 Å². The lowest BCUT2D eigenvalue weighted by molar-refractivity contribution is 0.828. The Labute approximate surface area is 85.4 Å². The lowest BCUT2D eigenvalue weighted by atomic mass is 10.2. The van der Waals surface area contributed by atoms with Gasteiger partial charge in [-0.3, -0.25) is 4.98 Å². The van der Waals surface area contributed by atoms with Crippen molar-refractivity contribution in [3.05, 3.63) is 54.5 Å². The highest BCUT2D eigenvalue weighted by Crippen LogP contribution is 2.00. The first kappa shape index (κ1) is 10.5. The number of allylic oxidation sites excluding steroid dienone is 1. The molecule has 0 atom stereocenters. The summed E-state index contributed by atoms with van der Waals surface area (Å²) in [7, 11) is 0. The van der Waals surface area contributed by atoms with E-state index >= 15 is 0 Å². The summed E-state index contributed by atoms with van der Waals surface area (Å²) in [5.74, 6) is 0. The molecule has 0 aliphatic rings. The van der Waals surface area contributed by atoms with Crippen LogP contribution in [0.5, 0.6) is 0 Å². The molecule has 0 unspecified atom stereocenters. The zero-order valence-corrected chi connectivity index (χ0v) is 8.59. The summed E-state index contributed by atoms with van der Waals surface area (Å²) in [5.41, 5.74) is 3.12. The highest BCUT2D eigenvalue weighted by atomic mass is 14.9. The van der Waals surface area contributed by atoms with E-state index in [1.165, 1.54) is 0 Å². The summed E-state index contributed by atoms with van der Waals surface area (Å²) < 4.78 is 0. The molecule has 0 saturated carbocycles. The highest BCUT2D eigenvalue weighted by Gasteiger charge is 1.96. The molecule has 0 aliphatic carbocycles. The second kappa shape index (κ2) is 5.22. The molecule has 2 heteroatoms. The maximum Gasteiger partial charge on any atom is 0.0461 e. The molecule has 1 N–H and O–H groups in total. The Kier molecular flexibility index (Phi) is 3.92. The maximum absolute atomic E-state index is 4.22. The van der Waals surface area contributed by atoms with Crippen LogP contribution < -0.4 is 5.32 Å². The Balaban J connectivity index is 2.38. The zero-order chi connectivity index (χ0) is 10.4. The predicted molar refractivity (Wildman–Crippen MR) is 59.9 cm³/mol. The highest BCUT2D eigenvalue weighted by molar-refractivity contribution is 5.12. The minimum atomic E-state index is 0.772. The van der Waals surface area contributed by atoms with Crippen molar-refractivity contribution in [1.29, 1.82) is 0 Å². The van der Waals surface area contributed by atoms with Crippen LogP contribution in [0.4, 0.5) is 0 Å². The average molecular weight is 188 g/mol. The average Bonchev–Trinajstić information content (AvgIpc) is 2.16. The smallest absolute Gasteiger partial charge is 0.0461 e. The van der Waals surface area contributed by atoms with Gasteiger partial charge in [-0.1, -0.05) is 24.8 Å². The maximum atomic E-state index is 4.22. The van der Waals surface area contributed by atoms with E-state index in [0.717, 1.165) is 29.9 Å². The fraction of sp³-hybridized carbons (Fsp3) is 0.250. The van der Waals surface area contributed by atoms with Crippen LogP contribution in [0, 0.1) is 0 Å². The van der Waals surface area contributed by atoms with E-state index in [-0.39, 0.29) is 0 Å². The molecule has 0 fully saturated rings. The molecule has 0 saturated heterocycles. The van der Waals surface area contributed by atoms with E-state index in [1.807, 2.05) is 25.1 Å². The van der Waals surface area contributed by atoms with Crippen LogP contribution in [-0.4, -0.2) is 11.5 Å². The topological polar surface area (TPSA) is 24.9 Å². The van der Waals surface area contributed by atoms with Gasteiger partial charge in [-0.15, -0.1) is 0 Å². The summed E-state index contributed by atoms with van der Waals surface area (Å²) in [4.78, 5) is 4.22. The minimum absolute atomic E-state index is 0.772. The van der Waals surface area contributed by atoms with E-state index in [2.05, 4.69) is 23.5 Å². The third kappa shape index (κ3) is 3.90. The summed E-state index contributed by atoms with van der Waals surface area (Å²) in [6.45, 7) is 10.5. The first-order valence-electron chi connectivity index (χ1n) is 4.64. The largest absolute Gasteiger partial charge is 0.385 e. The van der Waals surface area contributed by atoms with Crippen LogP contribution in [0.3, 0.4) is 0 Å². The summed E-state index contributed by atoms with van der Waals surface area (Å²) in [6, 6.07) is 5.88. The standard InChI is InChI=1S/C12H16N2/c1-10(2)9-14-11(3)8-12-6-4-5-7-13-12/h4-7,14H,1,3,8-9H2,2H3. The molecule has 0 spiro atoms. The fourth-order valence-corrected chi connectivity index (χ4v) is 1.06. The molecule has 14 heavy (non-hydrogen) atoms. The van der Waals surface area contributed by atoms with Gasteiger partial charge < -0.3 is 5.32 Å². The van der Waals surface area contributed by atoms with Crippen molar-refractivity contribution >= 4 is 0 Å². The van der Waals surface area contributed by atoms with Crippen LogP contribution in [0.2, 0.25) is 0 Å². The van der Waals surface area contributed by atoms with Gasteiger partial charge in [0.2, 0.25) is 0 Å². The third-order valence-electron chi connectivity index (χ3n) is 1.76. The number of hydrogen-bond acceptors (Lipinski definition) is 2. The summed E-state index contributed by atoms with van der Waals surface area (Å²) in [5, 5.41) is 3.20. The lowest BCUT2D eigenvalue weighted by Gasteiger charge is -2.08. The van der Waals surface area contributed by atoms with Crippen molar-refractivity contribution in [2.45, 2.75) is 13.3 Å². The second-order valence-electron chi connectivity index (χ2n) is 3.41. The first-order valence-corrected chi connectivity index (χ1v) is 4.64. The van der Waals surface area contributed by atoms with Crippen LogP contribution in [0.15, 0.2) is 48.8 Å². The van der Waals surface area contributed by atoms with Gasteiger partial charge in [0.25, 0.3) is 0 Å². The van der Waals surface area contributed by atoms with Crippen molar-refractivity contribution in [1.82, 2.24) is 10.3 Å². The van der Waals surface area contributed by atoms with Gasteiger partial charge in [0, 0.05) is 30.6 Å². The zero-order valence-electron chi connectivity index (χ0n) is 8.59. The Bertz CT molecular complexity index is 314. The number of rotatable bonds is 5. The SMILES string of the molecule is C=C(C)CNC(=C)Cc1ccccn1. The van der Waals surface area contributed by atoms with Gasteiger partial charge in [-0.05, 0) is 19.1 Å². The molecule has 0 amide bonds. The van der Waals surface area contributed by atoms with Gasteiger partial charge in [-0.2, -0.15) is 0 Å². The van der Waals surface area contributed by atoms with Gasteiger partial charge in [0.05, 0.1) is 0 Å². The van der Waals surface area contributed by atoms with E-state index in [4.69, 9.17) is 0 Å². The molecule has 0 aromatic carbocycles. The van der Waals surface area contributed by atoms with E-state index < -0.39 is 0 Å². The Morgan fingerprint density at radius 2 is 2.21 bits per heavy atom. The molecule has 0 bridgehead atoms. The van der Waals surface area contributed by atoms with Crippen molar-refractivity contribution < 1.29 is 0 Å². The van der Waals surface area contributed by atoms with Crippen molar-refractivity contribution in [2.75, 3.05) is 6.54 Å². The van der Waals surface area contributed by atoms with Crippen LogP contribution in [0.25, 0.3) is 0 Å². The van der Waals surface area contributed by atoms with Crippen molar-refractivity contribution in [3.8, 4) is 0 Å². The molecule has 0 radical (unpaired) electrons. The summed E-state index contributed by atoms with van der Waals surface area (Å²) in [6.07, 6.45) is 2.56. The second-order valence-corrected chi connectivity index (χ2v) is 3.41. The summed E-state index contributed by atoms with van der Waals surface area (Å²) >= 11 is 0. The molecule has 1 heterocycles. The monoisotopic (exact) mass is 188 g/mol. The van der Waals surface area contributed by atoms with E-state index in [9.17, 15) is 0 Å². The van der Waals surface area contributed by atoms with Gasteiger partial charge in [0.1, 0.15) is 0 Å². The van der Waals surface area contributed by atoms with E-state index in [0.29, 0.717) is 0 Å². The molecule has 2 nitrogen and oxygen atoms in total. The van der Waals surface area contributed by atoms with Gasteiger partial charge in [0.15, 0.2) is 0 Å². The number of pyridine rings is 1. The molecule has 1 aromatic rings. The molecule has 0 aliphatic heterocycles. The van der Waals surface area contributed by atoms with Gasteiger partial charge >= 0.3 is 0 Å². The number of nitrogens with one attached hydrogen (secondary N) is 1. The lowest BCUT2D eigenvalue weighted by Crippen LogP contribution is -2.16. The third-order valence-corrected chi connectivity index (χ3v) is 1.76. The van der Waals surface area contributed by atoms with Crippen molar-refractivity contribution in [2.24, 2.45) is 0 Å². The Hall–Kier alpha value is -1.57. The Morgan fingerprint density at radius 1 is 1.43 bits per heavy atom. The van der Waals surface area contributed by atoms with Crippen LogP contribution in [-0.2, 0) is 6.42 Å². The molecule has 1 rings (SSSR count). The quantitative estimate of drug-likeness (QED) is 0.717. The molecular formula is C12H16N2.